The monoisotopic (exact) mass is 354 g/mol. The third-order valence-corrected chi connectivity index (χ3v) is 3.71. The predicted molar refractivity (Wildman–Crippen MR) is 87.1 cm³/mol. The van der Waals surface area contributed by atoms with E-state index in [0.29, 0.717) is 37.9 Å². The number of hydrogen-bond acceptors (Lipinski definition) is 3. The van der Waals surface area contributed by atoms with Gasteiger partial charge in [0.25, 0.3) is 5.91 Å². The smallest absolute Gasteiger partial charge is 0.275 e. The Morgan fingerprint density at radius 3 is 2.68 bits per heavy atom. The fraction of sp³-hybridized carbons (Fsp3) is 0.0714. The number of aryl methyl sites for hydroxylation is 1. The van der Waals surface area contributed by atoms with Crippen LogP contribution in [-0.2, 0) is 0 Å². The van der Waals surface area contributed by atoms with Crippen LogP contribution in [0.15, 0.2) is 30.6 Å². The summed E-state index contributed by atoms with van der Waals surface area (Å²) in [5.74, 6) is 0.0232. The number of imidazole rings is 1. The Hall–Kier alpha value is -1.82. The highest BCUT2D eigenvalue weighted by Crippen LogP contribution is 2.24. The zero-order chi connectivity index (χ0) is 15.9. The Kier molecular flexibility index (Phi) is 3.95. The quantitative estimate of drug-likeness (QED) is 0.747. The molecule has 1 N–H and O–H groups in total. The number of rotatable bonds is 2. The van der Waals surface area contributed by atoms with Crippen LogP contribution in [0, 0.1) is 6.92 Å². The molecule has 0 unspecified atom stereocenters. The molecule has 0 aliphatic carbocycles. The number of anilines is 1. The molecule has 112 valence electrons. The highest BCUT2D eigenvalue weighted by atomic mass is 35.5. The number of carbonyl (C=O) groups is 1. The number of halogens is 3. The highest BCUT2D eigenvalue weighted by molar-refractivity contribution is 6.36. The molecule has 22 heavy (non-hydrogen) atoms. The summed E-state index contributed by atoms with van der Waals surface area (Å²) < 4.78 is 1.56. The minimum atomic E-state index is -0.363. The molecule has 8 heteroatoms. The van der Waals surface area contributed by atoms with Gasteiger partial charge >= 0.3 is 0 Å². The topological polar surface area (TPSA) is 59.3 Å². The second kappa shape index (κ2) is 5.76. The number of amides is 1. The van der Waals surface area contributed by atoms with Gasteiger partial charge in [-0.15, -0.1) is 0 Å². The van der Waals surface area contributed by atoms with Crippen LogP contribution >= 0.6 is 34.8 Å². The van der Waals surface area contributed by atoms with Crippen molar-refractivity contribution in [3.8, 4) is 0 Å². The van der Waals surface area contributed by atoms with Gasteiger partial charge in [-0.1, -0.05) is 34.8 Å². The van der Waals surface area contributed by atoms with Crippen molar-refractivity contribution in [2.75, 3.05) is 5.32 Å². The number of hydrogen-bond donors (Lipinski definition) is 1. The molecule has 0 atom stereocenters. The first kappa shape index (κ1) is 15.1. The van der Waals surface area contributed by atoms with E-state index in [1.54, 1.807) is 35.7 Å². The van der Waals surface area contributed by atoms with Gasteiger partial charge in [0.2, 0.25) is 0 Å². The SMILES string of the molecule is Cc1nc2c(Cl)cc(Cl)cn2c1C(=O)Nc1ccc(Cl)cn1. The van der Waals surface area contributed by atoms with Crippen molar-refractivity contribution in [1.29, 1.82) is 0 Å². The largest absolute Gasteiger partial charge is 0.305 e. The number of aromatic nitrogens is 3. The average molecular weight is 356 g/mol. The summed E-state index contributed by atoms with van der Waals surface area (Å²) in [6.45, 7) is 1.72. The standard InChI is InChI=1S/C14H9Cl3N4O/c1-7-12(14(22)20-11-3-2-8(15)5-18-11)21-6-9(16)4-10(17)13(21)19-7/h2-6H,1H3,(H,18,20,22). The average Bonchev–Trinajstić information content (AvgIpc) is 2.78. The molecule has 0 bridgehead atoms. The summed E-state index contributed by atoms with van der Waals surface area (Å²) >= 11 is 17.9. The Bertz CT molecular complexity index is 874. The van der Waals surface area contributed by atoms with Gasteiger partial charge < -0.3 is 5.32 Å². The van der Waals surface area contributed by atoms with Gasteiger partial charge in [0, 0.05) is 12.4 Å². The van der Waals surface area contributed by atoms with E-state index in [9.17, 15) is 4.79 Å². The van der Waals surface area contributed by atoms with Gasteiger partial charge in [-0.3, -0.25) is 9.20 Å². The van der Waals surface area contributed by atoms with Gasteiger partial charge in [-0.25, -0.2) is 9.97 Å². The number of fused-ring (bicyclic) bond motifs is 1. The van der Waals surface area contributed by atoms with E-state index in [0.717, 1.165) is 0 Å². The molecule has 0 aliphatic heterocycles. The van der Waals surface area contributed by atoms with E-state index in [1.165, 1.54) is 6.20 Å². The summed E-state index contributed by atoms with van der Waals surface area (Å²) in [6, 6.07) is 4.82. The first-order valence-corrected chi connectivity index (χ1v) is 7.35. The van der Waals surface area contributed by atoms with E-state index >= 15 is 0 Å². The lowest BCUT2D eigenvalue weighted by atomic mass is 10.3. The van der Waals surface area contributed by atoms with Crippen molar-refractivity contribution in [1.82, 2.24) is 14.4 Å². The zero-order valence-corrected chi connectivity index (χ0v) is 13.5. The van der Waals surface area contributed by atoms with E-state index in [1.807, 2.05) is 0 Å². The molecular weight excluding hydrogens is 347 g/mol. The number of nitrogens with zero attached hydrogens (tertiary/aromatic N) is 3. The van der Waals surface area contributed by atoms with Crippen molar-refractivity contribution < 1.29 is 4.79 Å². The van der Waals surface area contributed by atoms with Crippen LogP contribution in [0.4, 0.5) is 5.82 Å². The molecule has 5 nitrogen and oxygen atoms in total. The maximum Gasteiger partial charge on any atom is 0.275 e. The van der Waals surface area contributed by atoms with Gasteiger partial charge in [0.1, 0.15) is 11.5 Å². The lowest BCUT2D eigenvalue weighted by Gasteiger charge is -2.06. The van der Waals surface area contributed by atoms with Crippen molar-refractivity contribution in [3.05, 3.63) is 57.0 Å². The lowest BCUT2D eigenvalue weighted by Crippen LogP contribution is -2.16. The summed E-state index contributed by atoms with van der Waals surface area (Å²) in [7, 11) is 0. The van der Waals surface area contributed by atoms with Crippen molar-refractivity contribution in [3.63, 3.8) is 0 Å². The Morgan fingerprint density at radius 1 is 1.23 bits per heavy atom. The van der Waals surface area contributed by atoms with Crippen LogP contribution in [-0.4, -0.2) is 20.3 Å². The highest BCUT2D eigenvalue weighted by Gasteiger charge is 2.19. The normalized spacial score (nSPS) is 10.9. The molecule has 0 saturated heterocycles. The van der Waals surface area contributed by atoms with Crippen LogP contribution in [0.1, 0.15) is 16.2 Å². The van der Waals surface area contributed by atoms with Crippen LogP contribution in [0.2, 0.25) is 15.1 Å². The van der Waals surface area contributed by atoms with Gasteiger partial charge in [0.05, 0.1) is 20.8 Å². The molecule has 0 saturated carbocycles. The molecule has 0 aromatic carbocycles. The number of nitrogens with one attached hydrogen (secondary N) is 1. The minimum absolute atomic E-state index is 0.344. The molecular formula is C14H9Cl3N4O. The van der Waals surface area contributed by atoms with E-state index in [2.05, 4.69) is 15.3 Å². The van der Waals surface area contributed by atoms with Gasteiger partial charge in [-0.05, 0) is 25.1 Å². The number of pyridine rings is 2. The van der Waals surface area contributed by atoms with Crippen molar-refractivity contribution in [2.45, 2.75) is 6.92 Å². The molecule has 0 fully saturated rings. The van der Waals surface area contributed by atoms with E-state index < -0.39 is 0 Å². The molecule has 3 aromatic rings. The Balaban J connectivity index is 2.03. The minimum Gasteiger partial charge on any atom is -0.305 e. The second-order valence-electron chi connectivity index (χ2n) is 4.56. The summed E-state index contributed by atoms with van der Waals surface area (Å²) in [5, 5.41) is 3.96. The first-order valence-electron chi connectivity index (χ1n) is 6.22. The molecule has 1 amide bonds. The molecule has 3 rings (SSSR count). The van der Waals surface area contributed by atoms with Gasteiger partial charge in [-0.2, -0.15) is 0 Å². The molecule has 0 aliphatic rings. The summed E-state index contributed by atoms with van der Waals surface area (Å²) in [6.07, 6.45) is 3.04. The molecule has 3 aromatic heterocycles. The maximum atomic E-state index is 12.5. The van der Waals surface area contributed by atoms with E-state index in [-0.39, 0.29) is 5.91 Å². The van der Waals surface area contributed by atoms with Crippen LogP contribution in [0.25, 0.3) is 5.65 Å². The van der Waals surface area contributed by atoms with Gasteiger partial charge in [0.15, 0.2) is 5.65 Å². The Morgan fingerprint density at radius 2 is 2.00 bits per heavy atom. The van der Waals surface area contributed by atoms with E-state index in [4.69, 9.17) is 34.8 Å². The van der Waals surface area contributed by atoms with Crippen LogP contribution in [0.3, 0.4) is 0 Å². The fourth-order valence-corrected chi connectivity index (χ4v) is 2.71. The number of carbonyl (C=O) groups excluding carboxylic acids is 1. The molecule has 0 spiro atoms. The summed E-state index contributed by atoms with van der Waals surface area (Å²) in [4.78, 5) is 20.8. The van der Waals surface area contributed by atoms with Crippen molar-refractivity contribution in [2.24, 2.45) is 0 Å². The van der Waals surface area contributed by atoms with Crippen LogP contribution < -0.4 is 5.32 Å². The predicted octanol–water partition coefficient (Wildman–Crippen LogP) is 4.25. The molecule has 0 radical (unpaired) electrons. The maximum absolute atomic E-state index is 12.5. The zero-order valence-electron chi connectivity index (χ0n) is 11.3. The summed E-state index contributed by atoms with van der Waals surface area (Å²) in [5.41, 5.74) is 1.35. The molecule has 3 heterocycles. The first-order chi connectivity index (χ1) is 10.5. The Labute approximate surface area is 140 Å². The third kappa shape index (κ3) is 2.75. The van der Waals surface area contributed by atoms with Crippen molar-refractivity contribution >= 4 is 52.2 Å². The second-order valence-corrected chi connectivity index (χ2v) is 5.84. The van der Waals surface area contributed by atoms with Crippen LogP contribution in [0.5, 0.6) is 0 Å². The third-order valence-electron chi connectivity index (χ3n) is 3.00. The lowest BCUT2D eigenvalue weighted by molar-refractivity contribution is 0.102. The fourth-order valence-electron chi connectivity index (χ4n) is 2.09.